The zero-order chi connectivity index (χ0) is 0. The Morgan fingerprint density at radius 2 is 0.500 bits per heavy atom. The smallest absolute Gasteiger partial charge is 0.0149 e. The van der Waals surface area contributed by atoms with E-state index in [0.717, 1.165) is 0 Å². The van der Waals surface area contributed by atoms with E-state index in [1.54, 1.807) is 0 Å². The molecule has 0 N–H and O–H groups in total. The summed E-state index contributed by atoms with van der Waals surface area (Å²) >= 11 is 0. The number of hydrogen-bond acceptors (Lipinski definition) is 0. The summed E-state index contributed by atoms with van der Waals surface area (Å²) in [6.45, 7) is 0. The Labute approximate surface area is 226 Å². The van der Waals surface area contributed by atoms with Crippen LogP contribution in [0.5, 0.6) is 0 Å². The molecule has 12 heavy (non-hydrogen) atoms. The molecule has 0 aliphatic heterocycles. The van der Waals surface area contributed by atoms with E-state index < -0.39 is 0 Å². The molecule has 12 heteroatoms. The molecule has 0 aromatic carbocycles. The molecule has 0 aliphatic rings. The molecular formula is H14Al2Cr2Hf2Nb2Si2Ti2. The van der Waals surface area contributed by atoms with Crippen LogP contribution >= 0.6 is 0 Å². The van der Waals surface area contributed by atoms with Gasteiger partial charge in [0.2, 0.25) is 0 Å². The maximum absolute atomic E-state index is 0. The maximum Gasteiger partial charge on any atom is 0.187 e. The van der Waals surface area contributed by atoms with E-state index in [2.05, 4.69) is 0 Å². The summed E-state index contributed by atoms with van der Waals surface area (Å²) in [5, 5.41) is 0. The third kappa shape index (κ3) is 87.0. The molecule has 0 aromatic rings. The van der Waals surface area contributed by atoms with Gasteiger partial charge in [-0.1, -0.05) is 0 Å². The summed E-state index contributed by atoms with van der Waals surface area (Å²) in [6, 6.07) is 0. The molecule has 0 nitrogen and oxygen atoms in total. The van der Waals surface area contributed by atoms with Gasteiger partial charge in [0.05, 0.1) is 0 Å². The van der Waals surface area contributed by atoms with Gasteiger partial charge in [-0.2, -0.15) is 0 Å². The van der Waals surface area contributed by atoms with Crippen molar-refractivity contribution in [1.29, 1.82) is 0 Å². The molecule has 0 heterocycles. The van der Waals surface area contributed by atoms with Gasteiger partial charge in [-0.25, -0.2) is 0 Å². The van der Waals surface area contributed by atoms with Crippen molar-refractivity contribution in [1.82, 2.24) is 0 Å². The molecule has 0 atom stereocenters. The summed E-state index contributed by atoms with van der Waals surface area (Å²) in [6.07, 6.45) is 0. The molecule has 0 spiro atoms. The van der Waals surface area contributed by atoms with Crippen LogP contribution in [0.3, 0.4) is 0 Å². The molecular weight excluding hydrogens is 853 g/mol. The van der Waals surface area contributed by atoms with Crippen LogP contribution < -0.4 is 0 Å². The van der Waals surface area contributed by atoms with Crippen molar-refractivity contribution in [3.8, 4) is 0 Å². The first-order chi connectivity index (χ1) is 0. The minimum atomic E-state index is 0. The van der Waals surface area contributed by atoms with Gasteiger partial charge in [-0.15, -0.1) is 0 Å². The summed E-state index contributed by atoms with van der Waals surface area (Å²) < 4.78 is 0. The van der Waals surface area contributed by atoms with Crippen molar-refractivity contribution in [3.05, 3.63) is 0 Å². The predicted octanol–water partition coefficient (Wildman–Crippen LogP) is -5.29. The zero-order valence-corrected chi connectivity index (χ0v) is 21.0. The Kier molecular flexibility index (Phi) is 1060. The molecule has 66 valence electrons. The van der Waals surface area contributed by atoms with Crippen molar-refractivity contribution in [2.75, 3.05) is 0 Å². The fourth-order valence-corrected chi connectivity index (χ4v) is 0. The van der Waals surface area contributed by atoms with Gasteiger partial charge in [0.25, 0.3) is 0 Å². The predicted molar refractivity (Wildman–Crippen MR) is 42.5 cm³/mol. The standard InChI is InChI=1S/2Al.2Cr.2Hf.2Nb.2H4Si.2Ti.6H/h;;;;;;;;2*1H4;;;;;;;;. The second-order valence-corrected chi connectivity index (χ2v) is 0. The fourth-order valence-electron chi connectivity index (χ4n) is 0. The maximum atomic E-state index is 0. The van der Waals surface area contributed by atoms with Crippen LogP contribution in [0.25, 0.3) is 0 Å². The normalized spacial score (nSPS) is 0. The Bertz CT molecular complexity index is 31.0. The fraction of sp³-hybridized carbons (Fsp3) is 0. The molecule has 2 radical (unpaired) electrons. The topological polar surface area (TPSA) is 0 Å². The molecule has 0 rings (SSSR count). The van der Waals surface area contributed by atoms with Crippen molar-refractivity contribution in [2.24, 2.45) is 0 Å². The number of rotatable bonds is 0. The first kappa shape index (κ1) is 122. The molecule has 0 saturated carbocycles. The van der Waals surface area contributed by atoms with Crippen molar-refractivity contribution in [3.63, 3.8) is 0 Å². The molecule has 0 bridgehead atoms. The SMILES string of the molecule is [AlH3].[AlH3].[Cr].[Cr].[Hf].[Hf].[Nb].[Nb].[SiH4].[SiH4].[Ti].[Ti]. The van der Waals surface area contributed by atoms with Crippen LogP contribution in [0.4, 0.5) is 0 Å². The van der Waals surface area contributed by atoms with Crippen molar-refractivity contribution < 1.29 is 175 Å². The van der Waals surface area contributed by atoms with E-state index in [1.807, 2.05) is 0 Å². The summed E-state index contributed by atoms with van der Waals surface area (Å²) in [7, 11) is 0. The summed E-state index contributed by atoms with van der Waals surface area (Å²) in [5.41, 5.74) is 0. The Hall–Kier alpha value is 7.21. The van der Waals surface area contributed by atoms with Crippen molar-refractivity contribution >= 4 is 56.7 Å². The van der Waals surface area contributed by atoms with Gasteiger partial charge >= 0.3 is 0 Å². The first-order valence-electron chi connectivity index (χ1n) is 0. The number of hydrogen-bond donors (Lipinski definition) is 0. The van der Waals surface area contributed by atoms with Crippen LogP contribution in [-0.4, -0.2) is 56.7 Å². The molecule has 0 aromatic heterocycles. The summed E-state index contributed by atoms with van der Waals surface area (Å²) in [5.74, 6) is 0. The monoisotopic (exact) mass is 870 g/mol. The molecule has 0 saturated heterocycles. The Balaban J connectivity index is 0. The zero-order valence-electron chi connectivity index (χ0n) is 3.71. The Morgan fingerprint density at radius 3 is 0.500 bits per heavy atom. The molecule has 0 unspecified atom stereocenters. The van der Waals surface area contributed by atoms with Gasteiger partial charge in [-0.05, 0) is 21.9 Å². The largest absolute Gasteiger partial charge is 0.187 e. The van der Waals surface area contributed by atoms with Crippen LogP contribution in [0.15, 0.2) is 0 Å². The van der Waals surface area contributed by atoms with Gasteiger partial charge in [-0.3, -0.25) is 0 Å². The average Bonchev–Trinajstić information content (AvgIpc) is 0. The van der Waals surface area contributed by atoms with Gasteiger partial charge < -0.3 is 0 Å². The minimum Gasteiger partial charge on any atom is -0.0149 e. The van der Waals surface area contributed by atoms with Gasteiger partial charge in [0.1, 0.15) is 0 Å². The van der Waals surface area contributed by atoms with E-state index in [9.17, 15) is 0 Å². The van der Waals surface area contributed by atoms with Crippen LogP contribution in [-0.2, 0) is 175 Å². The average molecular weight is 867 g/mol. The van der Waals surface area contributed by atoms with E-state index in [0.29, 0.717) is 0 Å². The van der Waals surface area contributed by atoms with E-state index >= 15 is 0 Å². The van der Waals surface area contributed by atoms with E-state index in [-0.39, 0.29) is 231 Å². The molecule has 0 aliphatic carbocycles. The quantitative estimate of drug-likeness (QED) is 0.214. The second-order valence-electron chi connectivity index (χ2n) is 0. The first-order valence-corrected chi connectivity index (χ1v) is 0. The third-order valence-electron chi connectivity index (χ3n) is 0. The van der Waals surface area contributed by atoms with Crippen LogP contribution in [0.2, 0.25) is 0 Å². The van der Waals surface area contributed by atoms with E-state index in [1.165, 1.54) is 0 Å². The summed E-state index contributed by atoms with van der Waals surface area (Å²) in [4.78, 5) is 0. The van der Waals surface area contributed by atoms with Gasteiger partial charge in [0, 0.05) is 175 Å². The van der Waals surface area contributed by atoms with Crippen LogP contribution in [0.1, 0.15) is 0 Å². The van der Waals surface area contributed by atoms with Crippen LogP contribution in [0, 0.1) is 0 Å². The second kappa shape index (κ2) is 104. The van der Waals surface area contributed by atoms with Gasteiger partial charge in [0.15, 0.2) is 34.7 Å². The molecule has 0 fully saturated rings. The third-order valence-corrected chi connectivity index (χ3v) is 0. The Morgan fingerprint density at radius 1 is 0.500 bits per heavy atom. The minimum absolute atomic E-state index is 0. The molecule has 0 amide bonds. The van der Waals surface area contributed by atoms with Crippen molar-refractivity contribution in [2.45, 2.75) is 0 Å². The van der Waals surface area contributed by atoms with E-state index in [4.69, 9.17) is 0 Å².